The number of esters is 1. The number of benzene rings is 1. The van der Waals surface area contributed by atoms with E-state index in [2.05, 4.69) is 19.9 Å². The van der Waals surface area contributed by atoms with Crippen LogP contribution in [0.5, 0.6) is 11.6 Å². The molecule has 0 saturated heterocycles. The molecule has 2 aromatic heterocycles. The summed E-state index contributed by atoms with van der Waals surface area (Å²) in [5, 5.41) is 7.58. The van der Waals surface area contributed by atoms with Gasteiger partial charge in [-0.15, -0.1) is 10.2 Å². The second-order valence-electron chi connectivity index (χ2n) is 7.33. The van der Waals surface area contributed by atoms with Crippen molar-refractivity contribution in [1.82, 2.24) is 20.1 Å². The lowest BCUT2D eigenvalue weighted by molar-refractivity contribution is -0.154. The van der Waals surface area contributed by atoms with E-state index in [1.54, 1.807) is 19.1 Å². The SMILES string of the molecule is Cc1cc(CN2Cc3ccc(OC(=O)c4ccncc4)cc3C2=O)nnc1OCC(F)(F)F. The zero-order valence-electron chi connectivity index (χ0n) is 17.3. The normalized spacial score (nSPS) is 13.1. The first-order valence-corrected chi connectivity index (χ1v) is 9.77. The standard InChI is InChI=1S/C22H17F3N4O4/c1-13-8-16(27-28-19(13)32-12-22(23,24)25)11-29-10-15-2-3-17(9-18(15)20(29)30)33-21(31)14-4-6-26-7-5-14/h2-9H,10-12H2,1H3. The Hall–Kier alpha value is -4.02. The Bertz CT molecular complexity index is 1200. The summed E-state index contributed by atoms with van der Waals surface area (Å²) in [5.41, 5.74) is 2.24. The highest BCUT2D eigenvalue weighted by atomic mass is 19.4. The van der Waals surface area contributed by atoms with Crippen LogP contribution in [0.3, 0.4) is 0 Å². The quantitative estimate of drug-likeness (QED) is 0.412. The number of hydrogen-bond acceptors (Lipinski definition) is 7. The van der Waals surface area contributed by atoms with Crippen molar-refractivity contribution in [3.63, 3.8) is 0 Å². The largest absolute Gasteiger partial charge is 0.467 e. The highest BCUT2D eigenvalue weighted by Crippen LogP contribution is 2.28. The fraction of sp³-hybridized carbons (Fsp3) is 0.227. The Morgan fingerprint density at radius 2 is 1.88 bits per heavy atom. The molecule has 33 heavy (non-hydrogen) atoms. The van der Waals surface area contributed by atoms with Crippen LogP contribution >= 0.6 is 0 Å². The third-order valence-electron chi connectivity index (χ3n) is 4.80. The van der Waals surface area contributed by atoms with E-state index in [1.807, 2.05) is 0 Å². The Morgan fingerprint density at radius 1 is 1.12 bits per heavy atom. The van der Waals surface area contributed by atoms with Gasteiger partial charge in [0.15, 0.2) is 6.61 Å². The van der Waals surface area contributed by atoms with Crippen LogP contribution in [0.25, 0.3) is 0 Å². The predicted molar refractivity (Wildman–Crippen MR) is 108 cm³/mol. The molecule has 0 atom stereocenters. The molecule has 0 spiro atoms. The van der Waals surface area contributed by atoms with Crippen LogP contribution in [-0.4, -0.2) is 44.7 Å². The number of aryl methyl sites for hydroxylation is 1. The van der Waals surface area contributed by atoms with Crippen molar-refractivity contribution < 1.29 is 32.2 Å². The average Bonchev–Trinajstić information content (AvgIpc) is 3.08. The Labute approximate surface area is 186 Å². The van der Waals surface area contributed by atoms with Crippen LogP contribution in [0.15, 0.2) is 48.8 Å². The number of alkyl halides is 3. The lowest BCUT2D eigenvalue weighted by Gasteiger charge is -2.15. The minimum Gasteiger partial charge on any atom is -0.467 e. The lowest BCUT2D eigenvalue weighted by atomic mass is 10.1. The van der Waals surface area contributed by atoms with Crippen LogP contribution in [0.4, 0.5) is 13.2 Å². The maximum Gasteiger partial charge on any atom is 0.422 e. The van der Waals surface area contributed by atoms with Gasteiger partial charge in [0, 0.05) is 30.1 Å². The smallest absolute Gasteiger partial charge is 0.422 e. The zero-order chi connectivity index (χ0) is 23.6. The van der Waals surface area contributed by atoms with Gasteiger partial charge in [0.2, 0.25) is 5.88 Å². The number of nitrogens with zero attached hydrogens (tertiary/aromatic N) is 4. The summed E-state index contributed by atoms with van der Waals surface area (Å²) in [6, 6.07) is 9.37. The van der Waals surface area contributed by atoms with Crippen molar-refractivity contribution in [1.29, 1.82) is 0 Å². The molecular weight excluding hydrogens is 441 g/mol. The number of carbonyl (C=O) groups is 2. The van der Waals surface area contributed by atoms with Gasteiger partial charge in [-0.05, 0) is 42.8 Å². The van der Waals surface area contributed by atoms with Gasteiger partial charge in [-0.1, -0.05) is 6.07 Å². The molecule has 3 heterocycles. The highest BCUT2D eigenvalue weighted by Gasteiger charge is 2.30. The third kappa shape index (κ3) is 5.25. The Morgan fingerprint density at radius 3 is 2.58 bits per heavy atom. The summed E-state index contributed by atoms with van der Waals surface area (Å²) in [6.07, 6.45) is -1.54. The molecular formula is C22H17F3N4O4. The van der Waals surface area contributed by atoms with Gasteiger partial charge in [0.1, 0.15) is 5.75 Å². The number of fused-ring (bicyclic) bond motifs is 1. The first kappa shape index (κ1) is 22.2. The number of aromatic nitrogens is 3. The van der Waals surface area contributed by atoms with Crippen molar-refractivity contribution >= 4 is 11.9 Å². The number of pyridine rings is 1. The summed E-state index contributed by atoms with van der Waals surface area (Å²) in [5.74, 6) is -0.845. The van der Waals surface area contributed by atoms with Crippen LogP contribution in [-0.2, 0) is 13.1 Å². The molecule has 0 fully saturated rings. The van der Waals surface area contributed by atoms with Gasteiger partial charge in [-0.25, -0.2) is 4.79 Å². The number of rotatable bonds is 6. The topological polar surface area (TPSA) is 94.5 Å². The van der Waals surface area contributed by atoms with Crippen molar-refractivity contribution in [3.8, 4) is 11.6 Å². The molecule has 0 radical (unpaired) electrons. The molecule has 3 aromatic rings. The molecule has 170 valence electrons. The Kier molecular flexibility index (Phi) is 5.95. The van der Waals surface area contributed by atoms with Crippen LogP contribution in [0.2, 0.25) is 0 Å². The first-order chi connectivity index (χ1) is 15.7. The fourth-order valence-corrected chi connectivity index (χ4v) is 3.28. The predicted octanol–water partition coefficient (Wildman–Crippen LogP) is 3.50. The molecule has 0 N–H and O–H groups in total. The molecule has 0 unspecified atom stereocenters. The van der Waals surface area contributed by atoms with E-state index in [0.717, 1.165) is 5.56 Å². The lowest BCUT2D eigenvalue weighted by Crippen LogP contribution is -2.24. The Balaban J connectivity index is 1.42. The second kappa shape index (κ2) is 8.85. The second-order valence-corrected chi connectivity index (χ2v) is 7.33. The molecule has 1 amide bonds. The minimum absolute atomic E-state index is 0.104. The van der Waals surface area contributed by atoms with E-state index in [4.69, 9.17) is 4.74 Å². The fourth-order valence-electron chi connectivity index (χ4n) is 3.28. The van der Waals surface area contributed by atoms with E-state index in [9.17, 15) is 22.8 Å². The zero-order valence-corrected chi connectivity index (χ0v) is 17.3. The third-order valence-corrected chi connectivity index (χ3v) is 4.80. The van der Waals surface area contributed by atoms with E-state index in [0.29, 0.717) is 28.9 Å². The van der Waals surface area contributed by atoms with Crippen LogP contribution in [0, 0.1) is 6.92 Å². The molecule has 4 rings (SSSR count). The number of carbonyl (C=O) groups excluding carboxylic acids is 2. The van der Waals surface area contributed by atoms with Gasteiger partial charge in [0.05, 0.1) is 17.8 Å². The van der Waals surface area contributed by atoms with Gasteiger partial charge in [0.25, 0.3) is 5.91 Å². The molecule has 1 aromatic carbocycles. The van der Waals surface area contributed by atoms with E-state index < -0.39 is 18.8 Å². The van der Waals surface area contributed by atoms with Crippen LogP contribution in [0.1, 0.15) is 37.5 Å². The molecule has 8 nitrogen and oxygen atoms in total. The first-order valence-electron chi connectivity index (χ1n) is 9.77. The molecule has 0 bridgehead atoms. The van der Waals surface area contributed by atoms with Gasteiger partial charge < -0.3 is 14.4 Å². The average molecular weight is 458 g/mol. The van der Waals surface area contributed by atoms with Crippen molar-refractivity contribution in [2.75, 3.05) is 6.61 Å². The molecule has 0 saturated carbocycles. The minimum atomic E-state index is -4.48. The molecule has 1 aliphatic rings. The highest BCUT2D eigenvalue weighted by molar-refractivity contribution is 5.99. The van der Waals surface area contributed by atoms with Crippen molar-refractivity contribution in [2.24, 2.45) is 0 Å². The summed E-state index contributed by atoms with van der Waals surface area (Å²) in [4.78, 5) is 30.4. The van der Waals surface area contributed by atoms with E-state index in [1.165, 1.54) is 41.6 Å². The van der Waals surface area contributed by atoms with E-state index in [-0.39, 0.29) is 24.1 Å². The van der Waals surface area contributed by atoms with Gasteiger partial charge in [-0.3, -0.25) is 9.78 Å². The number of halogens is 3. The van der Waals surface area contributed by atoms with E-state index >= 15 is 0 Å². The summed E-state index contributed by atoms with van der Waals surface area (Å²) >= 11 is 0. The number of hydrogen-bond donors (Lipinski definition) is 0. The number of ether oxygens (including phenoxy) is 2. The maximum absolute atomic E-state index is 12.9. The summed E-state index contributed by atoms with van der Waals surface area (Å²) < 4.78 is 47.0. The van der Waals surface area contributed by atoms with Gasteiger partial charge in [-0.2, -0.15) is 13.2 Å². The molecule has 11 heteroatoms. The number of amides is 1. The summed E-state index contributed by atoms with van der Waals surface area (Å²) in [7, 11) is 0. The molecule has 0 aliphatic carbocycles. The van der Waals surface area contributed by atoms with Crippen LogP contribution < -0.4 is 9.47 Å². The van der Waals surface area contributed by atoms with Gasteiger partial charge >= 0.3 is 12.1 Å². The summed E-state index contributed by atoms with van der Waals surface area (Å²) in [6.45, 7) is 0.497. The van der Waals surface area contributed by atoms with Crippen molar-refractivity contribution in [2.45, 2.75) is 26.2 Å². The van der Waals surface area contributed by atoms with Crippen molar-refractivity contribution in [3.05, 3.63) is 76.7 Å². The molecule has 1 aliphatic heterocycles. The maximum atomic E-state index is 12.9. The monoisotopic (exact) mass is 458 g/mol.